The molecule has 0 spiro atoms. The number of hydrogen-bond acceptors (Lipinski definition) is 5. The first-order valence-corrected chi connectivity index (χ1v) is 5.25. The van der Waals surface area contributed by atoms with Crippen molar-refractivity contribution in [1.29, 1.82) is 5.26 Å². The largest absolute Gasteiger partial charge is 0.350 e. The average molecular weight is 228 g/mol. The average Bonchev–Trinajstić information content (AvgIpc) is 2.82. The molecule has 0 amide bonds. The molecule has 2 heterocycles. The SMILES string of the molecule is CC(Cn1cccn1)Nc1nccc(C#N)n1. The van der Waals surface area contributed by atoms with Crippen LogP contribution in [-0.4, -0.2) is 25.8 Å². The van der Waals surface area contributed by atoms with E-state index in [1.807, 2.05) is 29.9 Å². The lowest BCUT2D eigenvalue weighted by Gasteiger charge is -2.13. The second-order valence-corrected chi connectivity index (χ2v) is 3.65. The minimum atomic E-state index is 0.129. The van der Waals surface area contributed by atoms with Crippen LogP contribution in [0.3, 0.4) is 0 Å². The highest BCUT2D eigenvalue weighted by atomic mass is 15.3. The second-order valence-electron chi connectivity index (χ2n) is 3.65. The van der Waals surface area contributed by atoms with Crippen LogP contribution < -0.4 is 5.32 Å². The fourth-order valence-corrected chi connectivity index (χ4v) is 1.45. The summed E-state index contributed by atoms with van der Waals surface area (Å²) in [6, 6.07) is 5.55. The Bertz CT molecular complexity index is 513. The highest BCUT2D eigenvalue weighted by Crippen LogP contribution is 2.02. The van der Waals surface area contributed by atoms with Gasteiger partial charge in [-0.2, -0.15) is 10.4 Å². The van der Waals surface area contributed by atoms with E-state index in [4.69, 9.17) is 5.26 Å². The molecule has 2 aromatic heterocycles. The maximum Gasteiger partial charge on any atom is 0.224 e. The van der Waals surface area contributed by atoms with Gasteiger partial charge in [-0.25, -0.2) is 9.97 Å². The Labute approximate surface area is 98.9 Å². The van der Waals surface area contributed by atoms with Crippen LogP contribution in [-0.2, 0) is 6.54 Å². The summed E-state index contributed by atoms with van der Waals surface area (Å²) in [6.07, 6.45) is 5.19. The molecule has 0 saturated carbocycles. The molecule has 86 valence electrons. The zero-order chi connectivity index (χ0) is 12.1. The van der Waals surface area contributed by atoms with Crippen molar-refractivity contribution in [3.05, 3.63) is 36.4 Å². The van der Waals surface area contributed by atoms with Gasteiger partial charge in [-0.3, -0.25) is 4.68 Å². The van der Waals surface area contributed by atoms with Gasteiger partial charge in [-0.15, -0.1) is 0 Å². The number of aromatic nitrogens is 4. The van der Waals surface area contributed by atoms with E-state index < -0.39 is 0 Å². The Morgan fingerprint density at radius 2 is 2.41 bits per heavy atom. The smallest absolute Gasteiger partial charge is 0.224 e. The van der Waals surface area contributed by atoms with Crippen LogP contribution in [0.4, 0.5) is 5.95 Å². The molecule has 6 nitrogen and oxygen atoms in total. The van der Waals surface area contributed by atoms with Crippen molar-refractivity contribution in [3.8, 4) is 6.07 Å². The van der Waals surface area contributed by atoms with Crippen molar-refractivity contribution in [1.82, 2.24) is 19.7 Å². The van der Waals surface area contributed by atoms with Gasteiger partial charge in [0.2, 0.25) is 5.95 Å². The molecule has 0 saturated heterocycles. The summed E-state index contributed by atoms with van der Waals surface area (Å²) >= 11 is 0. The predicted molar refractivity (Wildman–Crippen MR) is 62.1 cm³/mol. The minimum Gasteiger partial charge on any atom is -0.350 e. The first-order valence-electron chi connectivity index (χ1n) is 5.25. The van der Waals surface area contributed by atoms with Crippen molar-refractivity contribution in [2.75, 3.05) is 5.32 Å². The minimum absolute atomic E-state index is 0.129. The standard InChI is InChI=1S/C11H12N6/c1-9(8-17-6-2-4-14-17)15-11-13-5-3-10(7-12)16-11/h2-6,9H,8H2,1H3,(H,13,15,16). The van der Waals surface area contributed by atoms with E-state index in [-0.39, 0.29) is 6.04 Å². The molecule has 0 radical (unpaired) electrons. The van der Waals surface area contributed by atoms with Crippen molar-refractivity contribution in [2.24, 2.45) is 0 Å². The normalized spacial score (nSPS) is 11.8. The number of rotatable bonds is 4. The Kier molecular flexibility index (Phi) is 3.31. The molecule has 0 aliphatic rings. The molecule has 0 aliphatic carbocycles. The molecule has 17 heavy (non-hydrogen) atoms. The molecular formula is C11H12N6. The topological polar surface area (TPSA) is 79.4 Å². The molecule has 0 aliphatic heterocycles. The fourth-order valence-electron chi connectivity index (χ4n) is 1.45. The van der Waals surface area contributed by atoms with E-state index >= 15 is 0 Å². The van der Waals surface area contributed by atoms with E-state index in [2.05, 4.69) is 20.4 Å². The van der Waals surface area contributed by atoms with Crippen molar-refractivity contribution >= 4 is 5.95 Å². The molecule has 1 N–H and O–H groups in total. The maximum absolute atomic E-state index is 8.72. The zero-order valence-electron chi connectivity index (χ0n) is 9.41. The summed E-state index contributed by atoms with van der Waals surface area (Å²) < 4.78 is 1.83. The highest BCUT2D eigenvalue weighted by Gasteiger charge is 2.05. The van der Waals surface area contributed by atoms with E-state index in [9.17, 15) is 0 Å². The van der Waals surface area contributed by atoms with E-state index in [0.717, 1.165) is 0 Å². The Morgan fingerprint density at radius 3 is 3.12 bits per heavy atom. The van der Waals surface area contributed by atoms with E-state index in [1.165, 1.54) is 0 Å². The van der Waals surface area contributed by atoms with Gasteiger partial charge < -0.3 is 5.32 Å². The lowest BCUT2D eigenvalue weighted by atomic mass is 10.3. The third-order valence-electron chi connectivity index (χ3n) is 2.17. The van der Waals surface area contributed by atoms with Gasteiger partial charge in [0.25, 0.3) is 0 Å². The Morgan fingerprint density at radius 1 is 1.53 bits per heavy atom. The second kappa shape index (κ2) is 5.07. The summed E-state index contributed by atoms with van der Waals surface area (Å²) in [6.45, 7) is 2.72. The van der Waals surface area contributed by atoms with Crippen molar-refractivity contribution in [3.63, 3.8) is 0 Å². The molecule has 2 rings (SSSR count). The van der Waals surface area contributed by atoms with Gasteiger partial charge in [0.05, 0.1) is 6.54 Å². The van der Waals surface area contributed by atoms with Gasteiger partial charge in [0, 0.05) is 24.6 Å². The number of nitriles is 1. The lowest BCUT2D eigenvalue weighted by Crippen LogP contribution is -2.23. The molecule has 0 bridgehead atoms. The number of nitrogens with one attached hydrogen (secondary N) is 1. The van der Waals surface area contributed by atoms with Crippen LogP contribution in [0, 0.1) is 11.3 Å². The Hall–Kier alpha value is -2.42. The highest BCUT2D eigenvalue weighted by molar-refractivity contribution is 5.30. The van der Waals surface area contributed by atoms with Crippen molar-refractivity contribution < 1.29 is 0 Å². The van der Waals surface area contributed by atoms with Crippen molar-refractivity contribution in [2.45, 2.75) is 19.5 Å². The first-order chi connectivity index (χ1) is 8.28. The van der Waals surface area contributed by atoms with Gasteiger partial charge in [0.1, 0.15) is 11.8 Å². The van der Waals surface area contributed by atoms with E-state index in [1.54, 1.807) is 18.5 Å². The van der Waals surface area contributed by atoms with Gasteiger partial charge in [-0.1, -0.05) is 0 Å². The third kappa shape index (κ3) is 3.01. The van der Waals surface area contributed by atoms with Crippen LogP contribution in [0.5, 0.6) is 0 Å². The third-order valence-corrected chi connectivity index (χ3v) is 2.17. The first kappa shape index (κ1) is 11.1. The monoisotopic (exact) mass is 228 g/mol. The summed E-state index contributed by atoms with van der Waals surface area (Å²) in [5.74, 6) is 0.462. The molecule has 0 aromatic carbocycles. The zero-order valence-corrected chi connectivity index (χ0v) is 9.41. The Balaban J connectivity index is 1.98. The molecular weight excluding hydrogens is 216 g/mol. The summed E-state index contributed by atoms with van der Waals surface area (Å²) in [5, 5.41) is 16.0. The molecule has 2 aromatic rings. The molecule has 1 atom stereocenters. The van der Waals surface area contributed by atoms with Gasteiger partial charge >= 0.3 is 0 Å². The predicted octanol–water partition coefficient (Wildman–Crippen LogP) is 1.05. The maximum atomic E-state index is 8.72. The number of anilines is 1. The van der Waals surface area contributed by atoms with Gasteiger partial charge in [0.15, 0.2) is 0 Å². The molecule has 1 unspecified atom stereocenters. The van der Waals surface area contributed by atoms with Crippen LogP contribution in [0.25, 0.3) is 0 Å². The molecule has 6 heteroatoms. The number of hydrogen-bond donors (Lipinski definition) is 1. The molecule has 0 fully saturated rings. The van der Waals surface area contributed by atoms with Crippen LogP contribution in [0.1, 0.15) is 12.6 Å². The summed E-state index contributed by atoms with van der Waals surface area (Å²) in [5.41, 5.74) is 0.355. The van der Waals surface area contributed by atoms with Crippen LogP contribution in [0.15, 0.2) is 30.7 Å². The van der Waals surface area contributed by atoms with Crippen LogP contribution in [0.2, 0.25) is 0 Å². The lowest BCUT2D eigenvalue weighted by molar-refractivity contribution is 0.558. The fraction of sp³-hybridized carbons (Fsp3) is 0.273. The van der Waals surface area contributed by atoms with Gasteiger partial charge in [-0.05, 0) is 19.1 Å². The number of nitrogens with zero attached hydrogens (tertiary/aromatic N) is 5. The van der Waals surface area contributed by atoms with E-state index in [0.29, 0.717) is 18.2 Å². The summed E-state index contributed by atoms with van der Waals surface area (Å²) in [4.78, 5) is 8.10. The summed E-state index contributed by atoms with van der Waals surface area (Å²) in [7, 11) is 0. The van der Waals surface area contributed by atoms with Crippen LogP contribution >= 0.6 is 0 Å². The quantitative estimate of drug-likeness (QED) is 0.845.